The number of hydrogen-bond acceptors (Lipinski definition) is 1. The molecule has 0 saturated heterocycles. The predicted octanol–water partition coefficient (Wildman–Crippen LogP) is 3.01. The average Bonchev–Trinajstić information content (AvgIpc) is 2.65. The van der Waals surface area contributed by atoms with Crippen LogP contribution in [0.25, 0.3) is 5.57 Å². The van der Waals surface area contributed by atoms with Crippen molar-refractivity contribution < 1.29 is 14.3 Å². The molecule has 0 aliphatic heterocycles. The van der Waals surface area contributed by atoms with Crippen molar-refractivity contribution in [2.24, 2.45) is 0 Å². The van der Waals surface area contributed by atoms with E-state index in [4.69, 9.17) is 5.11 Å². The van der Waals surface area contributed by atoms with Crippen molar-refractivity contribution in [2.75, 3.05) is 0 Å². The normalized spacial score (nSPS) is 17.6. The number of allylic oxidation sites excluding steroid dienone is 3. The van der Waals surface area contributed by atoms with E-state index >= 15 is 0 Å². The molecule has 0 aromatic heterocycles. The Hall–Kier alpha value is -1.90. The van der Waals surface area contributed by atoms with Gasteiger partial charge >= 0.3 is 5.97 Å². The third kappa shape index (κ3) is 2.37. The highest BCUT2D eigenvalue weighted by molar-refractivity contribution is 5.83. The van der Waals surface area contributed by atoms with Gasteiger partial charge in [-0.15, -0.1) is 0 Å². The smallest absolute Gasteiger partial charge is 0.328 e. The van der Waals surface area contributed by atoms with Crippen molar-refractivity contribution in [3.63, 3.8) is 0 Å². The maximum Gasteiger partial charge on any atom is 0.328 e. The molecule has 1 N–H and O–H groups in total. The second kappa shape index (κ2) is 4.31. The van der Waals surface area contributed by atoms with Gasteiger partial charge in [-0.25, -0.2) is 9.18 Å². The van der Waals surface area contributed by atoms with Gasteiger partial charge in [-0.05, 0) is 41.7 Å². The van der Waals surface area contributed by atoms with E-state index in [1.165, 1.54) is 18.2 Å². The SMILES string of the molecule is O=C(O)/C=C1/C=C(c2cccc(F)c2)CC1. The van der Waals surface area contributed by atoms with Gasteiger partial charge in [0, 0.05) is 6.08 Å². The van der Waals surface area contributed by atoms with Gasteiger partial charge in [-0.3, -0.25) is 0 Å². The van der Waals surface area contributed by atoms with Crippen LogP contribution in [0.1, 0.15) is 18.4 Å². The fourth-order valence-corrected chi connectivity index (χ4v) is 1.84. The quantitative estimate of drug-likeness (QED) is 0.775. The molecule has 1 aromatic rings. The first-order valence-electron chi connectivity index (χ1n) is 5.05. The van der Waals surface area contributed by atoms with E-state index in [0.717, 1.165) is 23.1 Å². The van der Waals surface area contributed by atoms with Crippen LogP contribution in [-0.2, 0) is 4.79 Å². The van der Waals surface area contributed by atoms with Gasteiger partial charge in [0.15, 0.2) is 0 Å². The molecule has 0 fully saturated rings. The summed E-state index contributed by atoms with van der Waals surface area (Å²) in [5.41, 5.74) is 2.60. The predicted molar refractivity (Wildman–Crippen MR) is 59.3 cm³/mol. The molecule has 16 heavy (non-hydrogen) atoms. The topological polar surface area (TPSA) is 37.3 Å². The van der Waals surface area contributed by atoms with Crippen LogP contribution in [0.15, 0.2) is 42.0 Å². The van der Waals surface area contributed by atoms with Crippen LogP contribution in [-0.4, -0.2) is 11.1 Å². The lowest BCUT2D eigenvalue weighted by atomic mass is 10.1. The maximum absolute atomic E-state index is 13.0. The van der Waals surface area contributed by atoms with Gasteiger partial charge in [0.05, 0.1) is 0 Å². The molecule has 0 spiro atoms. The van der Waals surface area contributed by atoms with Crippen LogP contribution in [0.4, 0.5) is 4.39 Å². The molecule has 0 heterocycles. The highest BCUT2D eigenvalue weighted by atomic mass is 19.1. The van der Waals surface area contributed by atoms with E-state index in [1.807, 2.05) is 12.1 Å². The molecule has 0 unspecified atom stereocenters. The fourth-order valence-electron chi connectivity index (χ4n) is 1.84. The molecular weight excluding hydrogens is 207 g/mol. The Morgan fingerprint density at radius 1 is 1.38 bits per heavy atom. The van der Waals surface area contributed by atoms with E-state index in [2.05, 4.69) is 0 Å². The summed E-state index contributed by atoms with van der Waals surface area (Å²) >= 11 is 0. The zero-order chi connectivity index (χ0) is 11.5. The highest BCUT2D eigenvalue weighted by Crippen LogP contribution is 2.31. The summed E-state index contributed by atoms with van der Waals surface area (Å²) in [4.78, 5) is 10.5. The van der Waals surface area contributed by atoms with Crippen molar-refractivity contribution in [3.05, 3.63) is 53.4 Å². The maximum atomic E-state index is 13.0. The van der Waals surface area contributed by atoms with E-state index in [-0.39, 0.29) is 5.82 Å². The minimum atomic E-state index is -0.938. The molecule has 3 heteroatoms. The lowest BCUT2D eigenvalue weighted by molar-refractivity contribution is -0.131. The first-order chi connectivity index (χ1) is 7.65. The third-order valence-electron chi connectivity index (χ3n) is 2.55. The summed E-state index contributed by atoms with van der Waals surface area (Å²) in [7, 11) is 0. The van der Waals surface area contributed by atoms with Gasteiger partial charge in [0.2, 0.25) is 0 Å². The van der Waals surface area contributed by atoms with Crippen LogP contribution < -0.4 is 0 Å². The Kier molecular flexibility index (Phi) is 2.86. The zero-order valence-corrected chi connectivity index (χ0v) is 8.61. The van der Waals surface area contributed by atoms with Crippen LogP contribution in [0.3, 0.4) is 0 Å². The molecule has 1 aliphatic carbocycles. The van der Waals surface area contributed by atoms with E-state index in [0.29, 0.717) is 6.42 Å². The number of hydrogen-bond donors (Lipinski definition) is 1. The summed E-state index contributed by atoms with van der Waals surface area (Å²) in [5.74, 6) is -1.21. The summed E-state index contributed by atoms with van der Waals surface area (Å²) in [6, 6.07) is 6.35. The molecule has 0 amide bonds. The number of rotatable bonds is 2. The van der Waals surface area contributed by atoms with Crippen molar-refractivity contribution in [2.45, 2.75) is 12.8 Å². The Balaban J connectivity index is 2.28. The molecular formula is C13H11FO2. The second-order valence-corrected chi connectivity index (χ2v) is 3.74. The lowest BCUT2D eigenvalue weighted by Gasteiger charge is -2.00. The number of benzene rings is 1. The van der Waals surface area contributed by atoms with Crippen LogP contribution >= 0.6 is 0 Å². The monoisotopic (exact) mass is 218 g/mol. The number of carbonyl (C=O) groups is 1. The van der Waals surface area contributed by atoms with E-state index < -0.39 is 5.97 Å². The van der Waals surface area contributed by atoms with Crippen LogP contribution in [0.2, 0.25) is 0 Å². The summed E-state index contributed by atoms with van der Waals surface area (Å²) in [5, 5.41) is 8.61. The Bertz CT molecular complexity index is 486. The number of carboxylic acids is 1. The largest absolute Gasteiger partial charge is 0.478 e. The van der Waals surface area contributed by atoms with Gasteiger partial charge in [0.25, 0.3) is 0 Å². The summed E-state index contributed by atoms with van der Waals surface area (Å²) in [6.45, 7) is 0. The Morgan fingerprint density at radius 2 is 2.19 bits per heavy atom. The van der Waals surface area contributed by atoms with E-state index in [9.17, 15) is 9.18 Å². The van der Waals surface area contributed by atoms with Gasteiger partial charge in [0.1, 0.15) is 5.82 Å². The van der Waals surface area contributed by atoms with Gasteiger partial charge < -0.3 is 5.11 Å². The van der Waals surface area contributed by atoms with Crippen molar-refractivity contribution in [1.29, 1.82) is 0 Å². The van der Waals surface area contributed by atoms with Crippen molar-refractivity contribution in [1.82, 2.24) is 0 Å². The molecule has 1 aliphatic rings. The number of aliphatic carboxylic acids is 1. The highest BCUT2D eigenvalue weighted by Gasteiger charge is 2.12. The standard InChI is InChI=1S/C13H11FO2/c14-12-3-1-2-10(8-12)11-5-4-9(6-11)7-13(15)16/h1-3,6-8H,4-5H2,(H,15,16)/b9-7+. The van der Waals surface area contributed by atoms with Gasteiger partial charge in [-0.2, -0.15) is 0 Å². The molecule has 0 radical (unpaired) electrons. The van der Waals surface area contributed by atoms with Crippen LogP contribution in [0.5, 0.6) is 0 Å². The molecule has 2 rings (SSSR count). The molecule has 0 saturated carbocycles. The first kappa shape index (κ1) is 10.6. The summed E-state index contributed by atoms with van der Waals surface area (Å²) < 4.78 is 13.0. The minimum Gasteiger partial charge on any atom is -0.478 e. The van der Waals surface area contributed by atoms with Crippen molar-refractivity contribution in [3.8, 4) is 0 Å². The third-order valence-corrected chi connectivity index (χ3v) is 2.55. The molecule has 82 valence electrons. The minimum absolute atomic E-state index is 0.269. The van der Waals surface area contributed by atoms with E-state index in [1.54, 1.807) is 6.07 Å². The second-order valence-electron chi connectivity index (χ2n) is 3.74. The fraction of sp³-hybridized carbons (Fsp3) is 0.154. The van der Waals surface area contributed by atoms with Crippen LogP contribution in [0, 0.1) is 5.82 Å². The summed E-state index contributed by atoms with van der Waals surface area (Å²) in [6.07, 6.45) is 4.50. The number of carboxylic acid groups (broad SMARTS) is 1. The Morgan fingerprint density at radius 3 is 2.88 bits per heavy atom. The average molecular weight is 218 g/mol. The molecule has 0 bridgehead atoms. The van der Waals surface area contributed by atoms with Gasteiger partial charge in [-0.1, -0.05) is 18.2 Å². The zero-order valence-electron chi connectivity index (χ0n) is 8.61. The number of halogens is 1. The van der Waals surface area contributed by atoms with Crippen molar-refractivity contribution >= 4 is 11.5 Å². The first-order valence-corrected chi connectivity index (χ1v) is 5.05. The molecule has 1 aromatic carbocycles. The lowest BCUT2D eigenvalue weighted by Crippen LogP contribution is -1.88. The molecule has 0 atom stereocenters. The Labute approximate surface area is 92.7 Å². The molecule has 2 nitrogen and oxygen atoms in total.